The Balaban J connectivity index is 2.18. The summed E-state index contributed by atoms with van der Waals surface area (Å²) in [5.41, 5.74) is 1.51. The van der Waals surface area contributed by atoms with Crippen LogP contribution in [0.3, 0.4) is 0 Å². The second kappa shape index (κ2) is 4.68. The van der Waals surface area contributed by atoms with Gasteiger partial charge < -0.3 is 9.30 Å². The lowest BCUT2D eigenvalue weighted by Crippen LogP contribution is -2.24. The first-order chi connectivity index (χ1) is 9.65. The first-order valence-electron chi connectivity index (χ1n) is 6.39. The van der Waals surface area contributed by atoms with Crippen LogP contribution in [0.1, 0.15) is 37.9 Å². The van der Waals surface area contributed by atoms with Gasteiger partial charge in [-0.2, -0.15) is 0 Å². The van der Waals surface area contributed by atoms with Gasteiger partial charge in [-0.1, -0.05) is 24.3 Å². The quantitative estimate of drug-likeness (QED) is 0.725. The number of ketones is 2. The van der Waals surface area contributed by atoms with Crippen LogP contribution < -0.4 is 0 Å². The number of benzene rings is 1. The Morgan fingerprint density at radius 1 is 1.15 bits per heavy atom. The summed E-state index contributed by atoms with van der Waals surface area (Å²) >= 11 is 0. The van der Waals surface area contributed by atoms with Crippen molar-refractivity contribution in [1.82, 2.24) is 9.55 Å². The van der Waals surface area contributed by atoms with E-state index in [1.54, 1.807) is 42.9 Å². The van der Waals surface area contributed by atoms with Crippen LogP contribution in [0.4, 0.5) is 0 Å². The van der Waals surface area contributed by atoms with E-state index in [0.29, 0.717) is 35.8 Å². The smallest absolute Gasteiger partial charge is 0.214 e. The minimum Gasteiger partial charge on any atom is -0.383 e. The number of rotatable bonds is 3. The van der Waals surface area contributed by atoms with Crippen molar-refractivity contribution < 1.29 is 14.3 Å². The van der Waals surface area contributed by atoms with Gasteiger partial charge in [0.15, 0.2) is 0 Å². The van der Waals surface area contributed by atoms with Crippen molar-refractivity contribution >= 4 is 11.6 Å². The topological polar surface area (TPSA) is 61.2 Å². The second-order valence-electron chi connectivity index (χ2n) is 4.70. The van der Waals surface area contributed by atoms with Crippen molar-refractivity contribution in [2.75, 3.05) is 13.7 Å². The number of aromatic nitrogens is 2. The molecule has 0 bridgehead atoms. The number of aryl methyl sites for hydroxylation is 1. The van der Waals surface area contributed by atoms with Gasteiger partial charge in [0.2, 0.25) is 11.6 Å². The highest BCUT2D eigenvalue weighted by Gasteiger charge is 2.34. The zero-order chi connectivity index (χ0) is 14.3. The first-order valence-corrected chi connectivity index (χ1v) is 6.39. The molecule has 0 saturated carbocycles. The highest BCUT2D eigenvalue weighted by atomic mass is 16.5. The van der Waals surface area contributed by atoms with E-state index in [2.05, 4.69) is 4.98 Å². The normalized spacial score (nSPS) is 13.3. The van der Waals surface area contributed by atoms with E-state index in [-0.39, 0.29) is 17.3 Å². The molecule has 1 aromatic heterocycles. The van der Waals surface area contributed by atoms with Crippen LogP contribution in [0.15, 0.2) is 24.3 Å². The average Bonchev–Trinajstić information content (AvgIpc) is 2.80. The first kappa shape index (κ1) is 12.7. The SMILES string of the molecule is COCCn1c(C)nc2c1C(=O)c1ccccc1C2=O. The monoisotopic (exact) mass is 270 g/mol. The highest BCUT2D eigenvalue weighted by molar-refractivity contribution is 6.27. The third-order valence-corrected chi connectivity index (χ3v) is 3.52. The number of hydrogen-bond acceptors (Lipinski definition) is 4. The molecule has 0 radical (unpaired) electrons. The van der Waals surface area contributed by atoms with E-state index in [1.807, 2.05) is 0 Å². The Kier molecular flexibility index (Phi) is 2.99. The van der Waals surface area contributed by atoms with E-state index in [9.17, 15) is 9.59 Å². The van der Waals surface area contributed by atoms with Gasteiger partial charge in [0.05, 0.1) is 6.61 Å². The summed E-state index contributed by atoms with van der Waals surface area (Å²) in [5.74, 6) is 0.322. The molecule has 5 nitrogen and oxygen atoms in total. The average molecular weight is 270 g/mol. The Bertz CT molecular complexity index is 716. The number of nitrogens with zero attached hydrogens (tertiary/aromatic N) is 2. The lowest BCUT2D eigenvalue weighted by atomic mass is 9.90. The molecule has 1 aliphatic rings. The molecule has 0 aliphatic heterocycles. The summed E-state index contributed by atoms with van der Waals surface area (Å²) < 4.78 is 6.81. The van der Waals surface area contributed by atoms with Crippen LogP contribution in [-0.4, -0.2) is 34.8 Å². The number of hydrogen-bond donors (Lipinski definition) is 0. The van der Waals surface area contributed by atoms with Crippen LogP contribution >= 0.6 is 0 Å². The molecule has 5 heteroatoms. The molecule has 0 unspecified atom stereocenters. The number of ether oxygens (including phenoxy) is 1. The van der Waals surface area contributed by atoms with Crippen LogP contribution in [-0.2, 0) is 11.3 Å². The van der Waals surface area contributed by atoms with Crippen molar-refractivity contribution in [3.05, 3.63) is 52.6 Å². The standard InChI is InChI=1S/C15H14N2O3/c1-9-16-12-13(17(9)7-8-20-2)15(19)11-6-4-3-5-10(11)14(12)18/h3-6H,7-8H2,1-2H3. The van der Waals surface area contributed by atoms with Crippen LogP contribution in [0.25, 0.3) is 0 Å². The van der Waals surface area contributed by atoms with E-state index < -0.39 is 0 Å². The maximum absolute atomic E-state index is 12.6. The second-order valence-corrected chi connectivity index (χ2v) is 4.70. The Morgan fingerprint density at radius 3 is 2.45 bits per heavy atom. The van der Waals surface area contributed by atoms with Crippen LogP contribution in [0, 0.1) is 6.92 Å². The zero-order valence-electron chi connectivity index (χ0n) is 11.3. The fourth-order valence-electron chi connectivity index (χ4n) is 2.54. The summed E-state index contributed by atoms with van der Waals surface area (Å²) in [4.78, 5) is 29.3. The van der Waals surface area contributed by atoms with E-state index in [0.717, 1.165) is 0 Å². The molecule has 2 aromatic rings. The summed E-state index contributed by atoms with van der Waals surface area (Å²) in [6, 6.07) is 6.87. The van der Waals surface area contributed by atoms with Gasteiger partial charge in [-0.05, 0) is 6.92 Å². The lowest BCUT2D eigenvalue weighted by molar-refractivity contribution is 0.0969. The minimum absolute atomic E-state index is 0.146. The van der Waals surface area contributed by atoms with Crippen molar-refractivity contribution in [3.8, 4) is 0 Å². The Hall–Kier alpha value is -2.27. The summed E-state index contributed by atoms with van der Waals surface area (Å²) in [5, 5.41) is 0. The molecule has 0 amide bonds. The van der Waals surface area contributed by atoms with Gasteiger partial charge in [-0.3, -0.25) is 9.59 Å². The summed E-state index contributed by atoms with van der Waals surface area (Å²) in [6.07, 6.45) is 0. The molecule has 20 heavy (non-hydrogen) atoms. The van der Waals surface area contributed by atoms with E-state index in [4.69, 9.17) is 4.74 Å². The molecule has 0 N–H and O–H groups in total. The molecular weight excluding hydrogens is 256 g/mol. The largest absolute Gasteiger partial charge is 0.383 e. The molecule has 0 saturated heterocycles. The summed E-state index contributed by atoms with van der Waals surface area (Å²) in [7, 11) is 1.60. The Morgan fingerprint density at radius 2 is 1.80 bits per heavy atom. The maximum Gasteiger partial charge on any atom is 0.214 e. The van der Waals surface area contributed by atoms with Crippen molar-refractivity contribution in [1.29, 1.82) is 0 Å². The molecule has 1 aromatic carbocycles. The fraction of sp³-hybridized carbons (Fsp3) is 0.267. The molecule has 102 valence electrons. The third-order valence-electron chi connectivity index (χ3n) is 3.52. The van der Waals surface area contributed by atoms with Crippen LogP contribution in [0.5, 0.6) is 0 Å². The van der Waals surface area contributed by atoms with Gasteiger partial charge >= 0.3 is 0 Å². The number of carbonyl (C=O) groups is 2. The number of fused-ring (bicyclic) bond motifs is 2. The van der Waals surface area contributed by atoms with Gasteiger partial charge in [-0.25, -0.2) is 4.98 Å². The van der Waals surface area contributed by atoms with Crippen LogP contribution in [0.2, 0.25) is 0 Å². The third kappa shape index (κ3) is 1.71. The lowest BCUT2D eigenvalue weighted by Gasteiger charge is -2.15. The predicted octanol–water partition coefficient (Wildman–Crippen LogP) is 1.61. The number of methoxy groups -OCH3 is 1. The molecular formula is C15H14N2O3. The number of carbonyl (C=O) groups excluding carboxylic acids is 2. The summed E-state index contributed by atoms with van der Waals surface area (Å²) in [6.45, 7) is 2.76. The predicted molar refractivity (Wildman–Crippen MR) is 72.1 cm³/mol. The number of imidazole rings is 1. The maximum atomic E-state index is 12.6. The molecule has 3 rings (SSSR count). The van der Waals surface area contributed by atoms with Crippen molar-refractivity contribution in [3.63, 3.8) is 0 Å². The molecule has 1 aliphatic carbocycles. The fourth-order valence-corrected chi connectivity index (χ4v) is 2.54. The van der Waals surface area contributed by atoms with Gasteiger partial charge in [-0.15, -0.1) is 0 Å². The minimum atomic E-state index is -0.186. The molecule has 0 atom stereocenters. The molecule has 0 spiro atoms. The highest BCUT2D eigenvalue weighted by Crippen LogP contribution is 2.27. The van der Waals surface area contributed by atoms with E-state index in [1.165, 1.54) is 0 Å². The molecule has 1 heterocycles. The van der Waals surface area contributed by atoms with Gasteiger partial charge in [0.25, 0.3) is 0 Å². The zero-order valence-corrected chi connectivity index (χ0v) is 11.3. The van der Waals surface area contributed by atoms with Gasteiger partial charge in [0, 0.05) is 24.8 Å². The Labute approximate surface area is 116 Å². The van der Waals surface area contributed by atoms with Crippen molar-refractivity contribution in [2.45, 2.75) is 13.5 Å². The molecule has 0 fully saturated rings. The van der Waals surface area contributed by atoms with Gasteiger partial charge in [0.1, 0.15) is 17.2 Å². The van der Waals surface area contributed by atoms with Crippen molar-refractivity contribution in [2.24, 2.45) is 0 Å². The van der Waals surface area contributed by atoms with E-state index >= 15 is 0 Å².